The minimum atomic E-state index is -3.31. The fourth-order valence-electron chi connectivity index (χ4n) is 2.21. The highest BCUT2D eigenvalue weighted by molar-refractivity contribution is 6.44. The molecule has 118 valence electrons. The fourth-order valence-corrected chi connectivity index (χ4v) is 2.38. The number of Topliss-reactive ketones (excluding diaryl/α,β-unsaturated/α-hetero) is 1. The maximum Gasteiger partial charge on any atom is 0.272 e. The van der Waals surface area contributed by atoms with Gasteiger partial charge in [0.15, 0.2) is 17.6 Å². The number of amides is 1. The Bertz CT molecular complexity index is 501. The van der Waals surface area contributed by atoms with E-state index >= 15 is 0 Å². The van der Waals surface area contributed by atoms with Gasteiger partial charge in [0.05, 0.1) is 13.0 Å². The molecule has 2 aliphatic rings. The van der Waals surface area contributed by atoms with E-state index in [1.54, 1.807) is 0 Å². The highest BCUT2D eigenvalue weighted by Crippen LogP contribution is 2.38. The Morgan fingerprint density at radius 1 is 1.48 bits per heavy atom. The third-order valence-electron chi connectivity index (χ3n) is 3.47. The van der Waals surface area contributed by atoms with Gasteiger partial charge in [-0.1, -0.05) is 11.6 Å². The minimum absolute atomic E-state index is 0.335. The maximum absolute atomic E-state index is 13.0. The van der Waals surface area contributed by atoms with E-state index in [1.165, 1.54) is 0 Å². The summed E-state index contributed by atoms with van der Waals surface area (Å²) in [5.41, 5.74) is -2.72. The van der Waals surface area contributed by atoms with Gasteiger partial charge in [-0.25, -0.2) is 8.78 Å². The number of nitrogens with zero attached hydrogens (tertiary/aromatic N) is 1. The van der Waals surface area contributed by atoms with Crippen LogP contribution in [0.15, 0.2) is 11.2 Å². The molecule has 21 heavy (non-hydrogen) atoms. The summed E-state index contributed by atoms with van der Waals surface area (Å²) in [5.74, 6) is -1.49. The van der Waals surface area contributed by atoms with Crippen LogP contribution in [0.25, 0.3) is 0 Å². The van der Waals surface area contributed by atoms with E-state index in [-0.39, 0.29) is 5.03 Å². The van der Waals surface area contributed by atoms with Crippen molar-refractivity contribution in [3.05, 3.63) is 11.2 Å². The van der Waals surface area contributed by atoms with Gasteiger partial charge in [-0.2, -0.15) is 0 Å². The van der Waals surface area contributed by atoms with Gasteiger partial charge in [0.2, 0.25) is 5.91 Å². The predicted molar refractivity (Wildman–Crippen MR) is 63.1 cm³/mol. The maximum atomic E-state index is 13.0. The summed E-state index contributed by atoms with van der Waals surface area (Å²) in [7, 11) is 0. The van der Waals surface area contributed by atoms with Gasteiger partial charge in [-0.15, -0.1) is 0 Å². The molecule has 0 aromatic rings. The van der Waals surface area contributed by atoms with Crippen LogP contribution in [-0.2, 0) is 14.3 Å². The number of aliphatic hydroxyl groups excluding tert-OH is 3. The monoisotopic (exact) mass is 327 g/mol. The van der Waals surface area contributed by atoms with Gasteiger partial charge in [-0.3, -0.25) is 14.5 Å². The summed E-state index contributed by atoms with van der Waals surface area (Å²) in [6, 6.07) is 0. The number of hydrogen-bond acceptors (Lipinski definition) is 6. The molecule has 1 amide bonds. The quantitative estimate of drug-likeness (QED) is 0.571. The molecule has 0 aliphatic carbocycles. The summed E-state index contributed by atoms with van der Waals surface area (Å²) >= 11 is 5.58. The Kier molecular flexibility index (Phi) is 4.31. The Morgan fingerprint density at radius 3 is 2.57 bits per heavy atom. The Labute approximate surface area is 122 Å². The molecule has 0 radical (unpaired) electrons. The van der Waals surface area contributed by atoms with E-state index in [2.05, 4.69) is 0 Å². The molecule has 2 aliphatic heterocycles. The molecule has 0 bridgehead atoms. The van der Waals surface area contributed by atoms with Crippen LogP contribution >= 0.6 is 11.6 Å². The molecule has 0 saturated carbocycles. The number of carbonyl (C=O) groups excluding carboxylic acids is 2. The molecule has 4 atom stereocenters. The predicted octanol–water partition coefficient (Wildman–Crippen LogP) is -1.06. The highest BCUT2D eigenvalue weighted by Gasteiger charge is 2.61. The van der Waals surface area contributed by atoms with Crippen LogP contribution in [0.1, 0.15) is 6.42 Å². The largest absolute Gasteiger partial charge is 0.393 e. The Morgan fingerprint density at radius 2 is 2.10 bits per heavy atom. The van der Waals surface area contributed by atoms with Crippen molar-refractivity contribution in [2.24, 2.45) is 0 Å². The molecule has 10 heteroatoms. The van der Waals surface area contributed by atoms with E-state index in [0.717, 1.165) is 6.20 Å². The minimum Gasteiger partial charge on any atom is -0.393 e. The summed E-state index contributed by atoms with van der Waals surface area (Å²) in [6.07, 6.45) is -8.78. The van der Waals surface area contributed by atoms with Gasteiger partial charge in [0.25, 0.3) is 6.43 Å². The lowest BCUT2D eigenvalue weighted by atomic mass is 9.96. The molecule has 7 nitrogen and oxygen atoms in total. The standard InChI is InChI=1S/C11H12ClF2NO6/c12-4-2-15(6(18)1-5(4)17)9-7(19)8(20)11(3-16,21-9)10(13)14/h2,7-10,16,19-20H,1,3H2/t7-,8-,9-,11-/m1/s1. The van der Waals surface area contributed by atoms with E-state index in [0.29, 0.717) is 4.90 Å². The number of aliphatic hydroxyl groups is 3. The Hall–Kier alpha value is -1.13. The smallest absolute Gasteiger partial charge is 0.272 e. The second-order valence-corrected chi connectivity index (χ2v) is 5.14. The molecule has 0 unspecified atom stereocenters. The van der Waals surface area contributed by atoms with E-state index in [1.807, 2.05) is 0 Å². The number of hydrogen-bond donors (Lipinski definition) is 3. The lowest BCUT2D eigenvalue weighted by Gasteiger charge is -2.31. The fraction of sp³-hybridized carbons (Fsp3) is 0.636. The topological polar surface area (TPSA) is 107 Å². The molecule has 2 heterocycles. The zero-order valence-corrected chi connectivity index (χ0v) is 11.2. The summed E-state index contributed by atoms with van der Waals surface area (Å²) in [5, 5.41) is 28.3. The zero-order valence-electron chi connectivity index (χ0n) is 10.4. The van der Waals surface area contributed by atoms with Crippen molar-refractivity contribution in [1.82, 2.24) is 4.90 Å². The van der Waals surface area contributed by atoms with Crippen molar-refractivity contribution < 1.29 is 38.4 Å². The van der Waals surface area contributed by atoms with E-state index in [4.69, 9.17) is 21.4 Å². The molecular weight excluding hydrogens is 316 g/mol. The van der Waals surface area contributed by atoms with Crippen LogP contribution in [0.3, 0.4) is 0 Å². The molecule has 3 N–H and O–H groups in total. The normalized spacial score (nSPS) is 37.4. The molecule has 1 saturated heterocycles. The van der Waals surface area contributed by atoms with Crippen molar-refractivity contribution >= 4 is 23.3 Å². The zero-order chi connectivity index (χ0) is 15.9. The first kappa shape index (κ1) is 16.2. The second kappa shape index (κ2) is 5.58. The van der Waals surface area contributed by atoms with Crippen LogP contribution < -0.4 is 0 Å². The number of ketones is 1. The number of halogens is 3. The van der Waals surface area contributed by atoms with Crippen LogP contribution in [0, 0.1) is 0 Å². The SMILES string of the molecule is O=C1CC(=O)N([C@@H]2O[C@@](CO)(C(F)F)[C@H](O)[C@H]2O)C=C1Cl. The second-order valence-electron chi connectivity index (χ2n) is 4.74. The van der Waals surface area contributed by atoms with Gasteiger partial charge in [0.1, 0.15) is 17.2 Å². The first-order valence-corrected chi connectivity index (χ1v) is 6.27. The number of carbonyl (C=O) groups is 2. The van der Waals surface area contributed by atoms with Crippen molar-refractivity contribution in [2.75, 3.05) is 6.61 Å². The van der Waals surface area contributed by atoms with Crippen molar-refractivity contribution in [2.45, 2.75) is 36.9 Å². The van der Waals surface area contributed by atoms with Gasteiger partial charge in [0, 0.05) is 6.20 Å². The van der Waals surface area contributed by atoms with Crippen molar-refractivity contribution in [3.8, 4) is 0 Å². The van der Waals surface area contributed by atoms with Crippen LogP contribution in [0.4, 0.5) is 8.78 Å². The number of alkyl halides is 2. The van der Waals surface area contributed by atoms with E-state index < -0.39 is 55.2 Å². The van der Waals surface area contributed by atoms with Gasteiger partial charge < -0.3 is 20.1 Å². The average Bonchev–Trinajstić information content (AvgIpc) is 2.68. The summed E-state index contributed by atoms with van der Waals surface area (Å²) in [6.45, 7) is -1.27. The summed E-state index contributed by atoms with van der Waals surface area (Å²) < 4.78 is 30.9. The van der Waals surface area contributed by atoms with Crippen LogP contribution in [0.2, 0.25) is 0 Å². The third-order valence-corrected chi connectivity index (χ3v) is 3.77. The molecule has 1 fully saturated rings. The molecule has 2 rings (SSSR count). The van der Waals surface area contributed by atoms with Crippen LogP contribution in [0.5, 0.6) is 0 Å². The average molecular weight is 328 g/mol. The van der Waals surface area contributed by atoms with E-state index in [9.17, 15) is 28.6 Å². The molecular formula is C11H12ClF2NO6. The third kappa shape index (κ3) is 2.44. The highest BCUT2D eigenvalue weighted by atomic mass is 35.5. The number of allylic oxidation sites excluding steroid dienone is 1. The van der Waals surface area contributed by atoms with Gasteiger partial charge >= 0.3 is 0 Å². The van der Waals surface area contributed by atoms with Gasteiger partial charge in [-0.05, 0) is 0 Å². The first-order chi connectivity index (χ1) is 9.74. The lowest BCUT2D eigenvalue weighted by molar-refractivity contribution is -0.202. The summed E-state index contributed by atoms with van der Waals surface area (Å²) in [4.78, 5) is 23.6. The molecule has 0 spiro atoms. The number of ether oxygens (including phenoxy) is 1. The molecule has 0 aromatic heterocycles. The number of rotatable bonds is 3. The lowest BCUT2D eigenvalue weighted by Crippen LogP contribution is -2.52. The van der Waals surface area contributed by atoms with Crippen LogP contribution in [-0.4, -0.2) is 69.0 Å². The Balaban J connectivity index is 2.34. The molecule has 0 aromatic carbocycles. The van der Waals surface area contributed by atoms with Crippen molar-refractivity contribution in [3.63, 3.8) is 0 Å². The first-order valence-electron chi connectivity index (χ1n) is 5.89. The van der Waals surface area contributed by atoms with Crippen molar-refractivity contribution in [1.29, 1.82) is 0 Å².